The highest BCUT2D eigenvalue weighted by atomic mass is 16.1. The molecule has 1 amide bonds. The lowest BCUT2D eigenvalue weighted by atomic mass is 10.1. The van der Waals surface area contributed by atoms with Crippen molar-refractivity contribution in [1.82, 2.24) is 10.2 Å². The number of likely N-dealkylation sites (N-methyl/N-ethyl adjacent to an activating group) is 1. The third-order valence-electron chi connectivity index (χ3n) is 3.89. The molecule has 1 saturated heterocycles. The molecule has 0 unspecified atom stereocenters. The van der Waals surface area contributed by atoms with E-state index in [2.05, 4.69) is 60.3 Å². The summed E-state index contributed by atoms with van der Waals surface area (Å²) in [6.07, 6.45) is 0.597. The van der Waals surface area contributed by atoms with E-state index in [0.29, 0.717) is 18.9 Å². The van der Waals surface area contributed by atoms with Crippen LogP contribution < -0.4 is 10.2 Å². The summed E-state index contributed by atoms with van der Waals surface area (Å²) < 4.78 is 0. The second-order valence-electron chi connectivity index (χ2n) is 6.33. The van der Waals surface area contributed by atoms with E-state index in [1.54, 1.807) is 0 Å². The lowest BCUT2D eigenvalue weighted by molar-refractivity contribution is -0.121. The van der Waals surface area contributed by atoms with Crippen LogP contribution in [0.15, 0.2) is 24.3 Å². The average molecular weight is 289 g/mol. The summed E-state index contributed by atoms with van der Waals surface area (Å²) in [5.41, 5.74) is 2.44. The molecule has 4 nitrogen and oxygen atoms in total. The Balaban J connectivity index is 1.83. The molecule has 4 heteroatoms. The third kappa shape index (κ3) is 5.05. The van der Waals surface area contributed by atoms with Crippen molar-refractivity contribution in [2.75, 3.05) is 38.1 Å². The molecule has 21 heavy (non-hydrogen) atoms. The normalized spacial score (nSPS) is 16.3. The second-order valence-corrected chi connectivity index (χ2v) is 6.33. The van der Waals surface area contributed by atoms with Crippen LogP contribution in [0.1, 0.15) is 25.8 Å². The van der Waals surface area contributed by atoms with Gasteiger partial charge in [-0.25, -0.2) is 0 Å². The van der Waals surface area contributed by atoms with Crippen molar-refractivity contribution in [3.63, 3.8) is 0 Å². The molecule has 1 heterocycles. The molecule has 0 saturated carbocycles. The molecule has 1 aromatic rings. The molecule has 1 aliphatic rings. The lowest BCUT2D eigenvalue weighted by Gasteiger charge is -2.34. The summed E-state index contributed by atoms with van der Waals surface area (Å²) in [7, 11) is 2.17. The van der Waals surface area contributed by atoms with Crippen molar-refractivity contribution in [2.24, 2.45) is 5.92 Å². The van der Waals surface area contributed by atoms with E-state index in [-0.39, 0.29) is 5.91 Å². The fourth-order valence-electron chi connectivity index (χ4n) is 2.53. The van der Waals surface area contributed by atoms with E-state index < -0.39 is 0 Å². The number of hydrogen-bond acceptors (Lipinski definition) is 3. The second kappa shape index (κ2) is 7.46. The third-order valence-corrected chi connectivity index (χ3v) is 3.89. The molecule has 0 spiro atoms. The summed E-state index contributed by atoms with van der Waals surface area (Å²) in [6.45, 7) is 9.14. The van der Waals surface area contributed by atoms with Crippen LogP contribution in [0.2, 0.25) is 0 Å². The minimum atomic E-state index is 0.133. The van der Waals surface area contributed by atoms with Crippen LogP contribution in [0.3, 0.4) is 0 Å². The Hall–Kier alpha value is -1.55. The molecule has 116 valence electrons. The van der Waals surface area contributed by atoms with Gasteiger partial charge in [-0.05, 0) is 30.7 Å². The van der Waals surface area contributed by atoms with E-state index in [1.807, 2.05) is 0 Å². The van der Waals surface area contributed by atoms with Crippen LogP contribution in [0.5, 0.6) is 0 Å². The number of piperazine rings is 1. The van der Waals surface area contributed by atoms with Crippen LogP contribution >= 0.6 is 0 Å². The maximum Gasteiger partial charge on any atom is 0.220 e. The predicted octanol–water partition coefficient (Wildman–Crippen LogP) is 2.10. The molecule has 1 aliphatic heterocycles. The first-order valence-electron chi connectivity index (χ1n) is 7.83. The van der Waals surface area contributed by atoms with Crippen LogP contribution in [0.25, 0.3) is 0 Å². The fraction of sp³-hybridized carbons (Fsp3) is 0.588. The van der Waals surface area contributed by atoms with Gasteiger partial charge < -0.3 is 15.1 Å². The molecule has 0 aliphatic carbocycles. The maximum atomic E-state index is 11.6. The molecule has 1 N–H and O–H groups in total. The van der Waals surface area contributed by atoms with E-state index in [0.717, 1.165) is 31.7 Å². The minimum absolute atomic E-state index is 0.133. The fourth-order valence-corrected chi connectivity index (χ4v) is 2.53. The zero-order valence-electron chi connectivity index (χ0n) is 13.4. The summed E-state index contributed by atoms with van der Waals surface area (Å²) in [5.74, 6) is 0.540. The van der Waals surface area contributed by atoms with Gasteiger partial charge in [0, 0.05) is 44.8 Å². The number of nitrogens with one attached hydrogen (secondary N) is 1. The van der Waals surface area contributed by atoms with Gasteiger partial charge in [0.1, 0.15) is 0 Å². The SMILES string of the molecule is CC(C)CC(=O)NCc1ccc(N2CCN(C)CC2)cc1. The van der Waals surface area contributed by atoms with Gasteiger partial charge in [0.05, 0.1) is 0 Å². The Morgan fingerprint density at radius 1 is 1.14 bits per heavy atom. The number of carbonyl (C=O) groups is 1. The highest BCUT2D eigenvalue weighted by Crippen LogP contribution is 2.17. The summed E-state index contributed by atoms with van der Waals surface area (Å²) in [5, 5.41) is 2.98. The van der Waals surface area contributed by atoms with Gasteiger partial charge in [0.25, 0.3) is 0 Å². The van der Waals surface area contributed by atoms with Crippen LogP contribution in [0.4, 0.5) is 5.69 Å². The Kier molecular flexibility index (Phi) is 5.62. The molecule has 0 aromatic heterocycles. The van der Waals surface area contributed by atoms with Crippen LogP contribution in [0, 0.1) is 5.92 Å². The summed E-state index contributed by atoms with van der Waals surface area (Å²) >= 11 is 0. The van der Waals surface area contributed by atoms with Gasteiger partial charge >= 0.3 is 0 Å². The summed E-state index contributed by atoms with van der Waals surface area (Å²) in [4.78, 5) is 16.4. The standard InChI is InChI=1S/C17H27N3O/c1-14(2)12-17(21)18-13-15-4-6-16(7-5-15)20-10-8-19(3)9-11-20/h4-7,14H,8-13H2,1-3H3,(H,18,21). The van der Waals surface area contributed by atoms with Crippen molar-refractivity contribution >= 4 is 11.6 Å². The molecular weight excluding hydrogens is 262 g/mol. The Labute approximate surface area is 128 Å². The summed E-state index contributed by atoms with van der Waals surface area (Å²) in [6, 6.07) is 8.55. The van der Waals surface area contributed by atoms with Crippen molar-refractivity contribution in [3.05, 3.63) is 29.8 Å². The Morgan fingerprint density at radius 2 is 1.76 bits per heavy atom. The first-order valence-corrected chi connectivity index (χ1v) is 7.83. The van der Waals surface area contributed by atoms with Crippen molar-refractivity contribution in [2.45, 2.75) is 26.8 Å². The van der Waals surface area contributed by atoms with Gasteiger partial charge in [-0.15, -0.1) is 0 Å². The van der Waals surface area contributed by atoms with E-state index in [1.165, 1.54) is 5.69 Å². The number of anilines is 1. The van der Waals surface area contributed by atoms with Gasteiger partial charge in [0.15, 0.2) is 0 Å². The van der Waals surface area contributed by atoms with Gasteiger partial charge in [-0.1, -0.05) is 26.0 Å². The van der Waals surface area contributed by atoms with Crippen molar-refractivity contribution in [1.29, 1.82) is 0 Å². The molecule has 1 aromatic carbocycles. The first-order chi connectivity index (χ1) is 10.0. The number of nitrogens with zero attached hydrogens (tertiary/aromatic N) is 2. The van der Waals surface area contributed by atoms with Crippen molar-refractivity contribution < 1.29 is 4.79 Å². The average Bonchev–Trinajstić information content (AvgIpc) is 2.46. The largest absolute Gasteiger partial charge is 0.369 e. The highest BCUT2D eigenvalue weighted by molar-refractivity contribution is 5.76. The molecule has 2 rings (SSSR count). The maximum absolute atomic E-state index is 11.6. The highest BCUT2D eigenvalue weighted by Gasteiger charge is 2.13. The Morgan fingerprint density at radius 3 is 2.33 bits per heavy atom. The molecular formula is C17H27N3O. The number of benzene rings is 1. The zero-order valence-corrected chi connectivity index (χ0v) is 13.4. The first kappa shape index (κ1) is 15.8. The number of amides is 1. The van der Waals surface area contributed by atoms with Crippen molar-refractivity contribution in [3.8, 4) is 0 Å². The van der Waals surface area contributed by atoms with E-state index >= 15 is 0 Å². The van der Waals surface area contributed by atoms with E-state index in [9.17, 15) is 4.79 Å². The monoisotopic (exact) mass is 289 g/mol. The minimum Gasteiger partial charge on any atom is -0.369 e. The molecule has 0 atom stereocenters. The Bertz CT molecular complexity index is 448. The topological polar surface area (TPSA) is 35.6 Å². The van der Waals surface area contributed by atoms with Crippen LogP contribution in [-0.2, 0) is 11.3 Å². The molecule has 1 fully saturated rings. The predicted molar refractivity (Wildman–Crippen MR) is 87.5 cm³/mol. The number of carbonyl (C=O) groups excluding carboxylic acids is 1. The van der Waals surface area contributed by atoms with E-state index in [4.69, 9.17) is 0 Å². The molecule has 0 radical (unpaired) electrons. The lowest BCUT2D eigenvalue weighted by Crippen LogP contribution is -2.44. The van der Waals surface area contributed by atoms with Gasteiger partial charge in [-0.2, -0.15) is 0 Å². The smallest absolute Gasteiger partial charge is 0.220 e. The molecule has 0 bridgehead atoms. The quantitative estimate of drug-likeness (QED) is 0.901. The van der Waals surface area contributed by atoms with Gasteiger partial charge in [-0.3, -0.25) is 4.79 Å². The van der Waals surface area contributed by atoms with Crippen LogP contribution in [-0.4, -0.2) is 44.0 Å². The number of hydrogen-bond donors (Lipinski definition) is 1. The number of rotatable bonds is 5. The zero-order chi connectivity index (χ0) is 15.2. The van der Waals surface area contributed by atoms with Gasteiger partial charge in [0.2, 0.25) is 5.91 Å².